The van der Waals surface area contributed by atoms with Crippen LogP contribution in [0.1, 0.15) is 6.92 Å². The molecule has 2 nitrogen and oxygen atoms in total. The van der Waals surface area contributed by atoms with Gasteiger partial charge in [-0.05, 0) is 6.92 Å². The molecule has 1 N–H and O–H groups in total. The minimum atomic E-state index is -1.13. The van der Waals surface area contributed by atoms with Crippen LogP contribution in [0.15, 0.2) is 0 Å². The van der Waals surface area contributed by atoms with Gasteiger partial charge in [-0.1, -0.05) is 13.1 Å². The Kier molecular flexibility index (Phi) is 3.97. The van der Waals surface area contributed by atoms with E-state index in [1.54, 1.807) is 6.92 Å². The third-order valence-electron chi connectivity index (χ3n) is 1.50. The standard InChI is InChI=1S/C6H13ClO2Si/c1-4(7)5(6(8)9)10(2)3/h4-5,10H,1-3H3,(H,8,9). The van der Waals surface area contributed by atoms with Crippen LogP contribution in [-0.2, 0) is 4.79 Å². The smallest absolute Gasteiger partial charge is 0.304 e. The molecule has 0 fully saturated rings. The molecule has 4 heteroatoms. The van der Waals surface area contributed by atoms with E-state index in [0.29, 0.717) is 0 Å². The van der Waals surface area contributed by atoms with Gasteiger partial charge in [0.05, 0.1) is 5.54 Å². The van der Waals surface area contributed by atoms with Crippen LogP contribution < -0.4 is 0 Å². The summed E-state index contributed by atoms with van der Waals surface area (Å²) < 4.78 is 0. The van der Waals surface area contributed by atoms with E-state index in [9.17, 15) is 4.79 Å². The molecule has 0 bridgehead atoms. The van der Waals surface area contributed by atoms with Crippen molar-refractivity contribution < 1.29 is 9.90 Å². The third-order valence-corrected chi connectivity index (χ3v) is 4.31. The molecule has 0 saturated heterocycles. The summed E-state index contributed by atoms with van der Waals surface area (Å²) in [4.78, 5) is 10.5. The zero-order chi connectivity index (χ0) is 8.31. The molecule has 0 aromatic carbocycles. The first kappa shape index (κ1) is 9.98. The highest BCUT2D eigenvalue weighted by Crippen LogP contribution is 2.20. The monoisotopic (exact) mass is 180 g/mol. The van der Waals surface area contributed by atoms with Gasteiger partial charge in [0, 0.05) is 14.2 Å². The topological polar surface area (TPSA) is 37.3 Å². The highest BCUT2D eigenvalue weighted by atomic mass is 35.5. The Balaban J connectivity index is 4.12. The minimum Gasteiger partial charge on any atom is -0.481 e. The quantitative estimate of drug-likeness (QED) is 0.529. The number of hydrogen-bond acceptors (Lipinski definition) is 1. The van der Waals surface area contributed by atoms with Gasteiger partial charge >= 0.3 is 5.97 Å². The number of hydrogen-bond donors (Lipinski definition) is 1. The van der Waals surface area contributed by atoms with E-state index in [0.717, 1.165) is 0 Å². The van der Waals surface area contributed by atoms with E-state index in [1.807, 2.05) is 13.1 Å². The van der Waals surface area contributed by atoms with Gasteiger partial charge in [-0.15, -0.1) is 11.6 Å². The number of rotatable bonds is 3. The summed E-state index contributed by atoms with van der Waals surface area (Å²) in [5.41, 5.74) is -0.290. The molecule has 0 amide bonds. The fourth-order valence-corrected chi connectivity index (χ4v) is 3.62. The maximum atomic E-state index is 10.5. The average molecular weight is 181 g/mol. The lowest BCUT2D eigenvalue weighted by Gasteiger charge is -2.16. The van der Waals surface area contributed by atoms with Gasteiger partial charge in [-0.25, -0.2) is 0 Å². The average Bonchev–Trinajstić information content (AvgIpc) is 1.59. The number of carboxylic acid groups (broad SMARTS) is 1. The van der Waals surface area contributed by atoms with E-state index in [2.05, 4.69) is 0 Å². The van der Waals surface area contributed by atoms with Gasteiger partial charge in [-0.2, -0.15) is 0 Å². The molecule has 0 radical (unpaired) electrons. The van der Waals surface area contributed by atoms with Crippen molar-refractivity contribution in [2.24, 2.45) is 0 Å². The first-order valence-electron chi connectivity index (χ1n) is 3.33. The van der Waals surface area contributed by atoms with Crippen LogP contribution in [0.2, 0.25) is 18.6 Å². The summed E-state index contributed by atoms with van der Waals surface area (Å²) in [5, 5.41) is 8.43. The number of alkyl halides is 1. The largest absolute Gasteiger partial charge is 0.481 e. The highest BCUT2D eigenvalue weighted by Gasteiger charge is 2.26. The Hall–Kier alpha value is -0.0231. The second kappa shape index (κ2) is 3.98. The zero-order valence-electron chi connectivity index (χ0n) is 6.47. The Labute approximate surface area is 67.8 Å². The number of carboxylic acids is 1. The molecule has 0 spiro atoms. The van der Waals surface area contributed by atoms with Gasteiger partial charge in [0.25, 0.3) is 0 Å². The Morgan fingerprint density at radius 3 is 2.00 bits per heavy atom. The number of aliphatic carboxylic acids is 1. The van der Waals surface area contributed by atoms with Crippen molar-refractivity contribution in [3.8, 4) is 0 Å². The number of carbonyl (C=O) groups is 1. The molecule has 0 aliphatic carbocycles. The van der Waals surface area contributed by atoms with E-state index < -0.39 is 14.8 Å². The summed E-state index contributed by atoms with van der Waals surface area (Å²) in [6.45, 7) is 5.74. The van der Waals surface area contributed by atoms with Crippen LogP contribution >= 0.6 is 11.6 Å². The van der Waals surface area contributed by atoms with Crippen molar-refractivity contribution in [2.75, 3.05) is 0 Å². The van der Waals surface area contributed by atoms with E-state index in [-0.39, 0.29) is 10.9 Å². The van der Waals surface area contributed by atoms with Crippen LogP contribution in [0, 0.1) is 0 Å². The van der Waals surface area contributed by atoms with Crippen LogP contribution in [0.3, 0.4) is 0 Å². The molecule has 0 aliphatic rings. The summed E-state index contributed by atoms with van der Waals surface area (Å²) in [6.07, 6.45) is 0. The van der Waals surface area contributed by atoms with Gasteiger partial charge in [-0.3, -0.25) is 4.79 Å². The van der Waals surface area contributed by atoms with Crippen LogP contribution in [-0.4, -0.2) is 25.2 Å². The Morgan fingerprint density at radius 1 is 1.60 bits per heavy atom. The number of halogens is 1. The molecule has 0 rings (SSSR count). The Morgan fingerprint density at radius 2 is 2.00 bits per heavy atom. The molecular weight excluding hydrogens is 168 g/mol. The van der Waals surface area contributed by atoms with Crippen molar-refractivity contribution in [2.45, 2.75) is 30.9 Å². The normalized spacial score (nSPS) is 16.9. The zero-order valence-corrected chi connectivity index (χ0v) is 8.38. The maximum absolute atomic E-state index is 10.5. The van der Waals surface area contributed by atoms with E-state index in [4.69, 9.17) is 16.7 Å². The van der Waals surface area contributed by atoms with Crippen LogP contribution in [0.25, 0.3) is 0 Å². The summed E-state index contributed by atoms with van der Waals surface area (Å²) in [5.74, 6) is -0.746. The first-order valence-corrected chi connectivity index (χ1v) is 6.75. The third kappa shape index (κ3) is 2.71. The van der Waals surface area contributed by atoms with Crippen molar-refractivity contribution >= 4 is 26.4 Å². The molecule has 0 aromatic heterocycles. The first-order chi connectivity index (χ1) is 4.46. The molecule has 60 valence electrons. The SMILES string of the molecule is CC(Cl)C(C(=O)O)[SiH](C)C. The molecule has 2 unspecified atom stereocenters. The molecule has 0 aliphatic heterocycles. The molecule has 10 heavy (non-hydrogen) atoms. The predicted octanol–water partition coefficient (Wildman–Crippen LogP) is 1.56. The van der Waals surface area contributed by atoms with Crippen molar-refractivity contribution in [1.82, 2.24) is 0 Å². The van der Waals surface area contributed by atoms with Crippen molar-refractivity contribution in [1.29, 1.82) is 0 Å². The Bertz CT molecular complexity index is 117. The van der Waals surface area contributed by atoms with E-state index in [1.165, 1.54) is 0 Å². The molecule has 0 heterocycles. The predicted molar refractivity (Wildman–Crippen MR) is 45.6 cm³/mol. The summed E-state index contributed by atoms with van der Waals surface area (Å²) in [6, 6.07) is 0. The molecule has 0 aromatic rings. The van der Waals surface area contributed by atoms with Gasteiger partial charge in [0.15, 0.2) is 0 Å². The van der Waals surface area contributed by atoms with Crippen molar-refractivity contribution in [3.63, 3.8) is 0 Å². The van der Waals surface area contributed by atoms with Gasteiger partial charge < -0.3 is 5.11 Å². The minimum absolute atomic E-state index is 0.232. The second-order valence-electron chi connectivity index (χ2n) is 2.79. The maximum Gasteiger partial charge on any atom is 0.304 e. The van der Waals surface area contributed by atoms with E-state index >= 15 is 0 Å². The lowest BCUT2D eigenvalue weighted by Crippen LogP contribution is -2.27. The fraction of sp³-hybridized carbons (Fsp3) is 0.833. The molecule has 0 saturated carbocycles. The van der Waals surface area contributed by atoms with Crippen molar-refractivity contribution in [3.05, 3.63) is 0 Å². The molecule has 2 atom stereocenters. The summed E-state index contributed by atoms with van der Waals surface area (Å²) >= 11 is 5.69. The fourth-order valence-electron chi connectivity index (χ4n) is 1.01. The second-order valence-corrected chi connectivity index (χ2v) is 6.68. The van der Waals surface area contributed by atoms with Crippen LogP contribution in [0.4, 0.5) is 0 Å². The lowest BCUT2D eigenvalue weighted by atomic mass is 10.3. The van der Waals surface area contributed by atoms with Crippen LogP contribution in [0.5, 0.6) is 0 Å². The summed E-state index contributed by atoms with van der Waals surface area (Å²) in [7, 11) is -1.13. The highest BCUT2D eigenvalue weighted by molar-refractivity contribution is 6.63. The van der Waals surface area contributed by atoms with Gasteiger partial charge in [0.2, 0.25) is 0 Å². The molecular formula is C6H13ClO2Si. The van der Waals surface area contributed by atoms with Gasteiger partial charge in [0.1, 0.15) is 0 Å². The lowest BCUT2D eigenvalue weighted by molar-refractivity contribution is -0.136.